The van der Waals surface area contributed by atoms with Gasteiger partial charge in [0.1, 0.15) is 18.4 Å². The molecule has 1 aliphatic rings. The topological polar surface area (TPSA) is 112 Å². The predicted molar refractivity (Wildman–Crippen MR) is 116 cm³/mol. The van der Waals surface area contributed by atoms with E-state index >= 15 is 0 Å². The van der Waals surface area contributed by atoms with Gasteiger partial charge in [-0.2, -0.15) is 17.6 Å². The van der Waals surface area contributed by atoms with Gasteiger partial charge in [-0.05, 0) is 51.0 Å². The fraction of sp³-hybridized carbons (Fsp3) is 0.458. The molecular weight excluding hydrogens is 491 g/mol. The number of primary amides is 1. The number of Topliss-reactive ketones (excluding diaryl/α,β-unsaturated/α-hetero) is 1. The fourth-order valence-corrected chi connectivity index (χ4v) is 3.94. The minimum Gasteiger partial charge on any atom is -0.487 e. The van der Waals surface area contributed by atoms with Crippen LogP contribution in [-0.2, 0) is 16.0 Å². The number of alkyl halides is 3. The van der Waals surface area contributed by atoms with E-state index in [2.05, 4.69) is 4.98 Å². The highest BCUT2D eigenvalue weighted by atomic mass is 19.4. The van der Waals surface area contributed by atoms with Crippen LogP contribution in [0.25, 0.3) is 0 Å². The second kappa shape index (κ2) is 9.74. The Hall–Kier alpha value is -3.12. The third-order valence-corrected chi connectivity index (χ3v) is 5.78. The molecule has 1 aliphatic heterocycles. The molecule has 196 valence electrons. The molecule has 1 saturated heterocycles. The third kappa shape index (κ3) is 5.81. The number of carbonyl (C=O) groups excluding carboxylic acids is 2. The number of aromatic nitrogens is 1. The Kier molecular flexibility index (Phi) is 7.43. The minimum atomic E-state index is -4.89. The van der Waals surface area contributed by atoms with Crippen molar-refractivity contribution in [3.05, 3.63) is 58.9 Å². The van der Waals surface area contributed by atoms with E-state index in [4.69, 9.17) is 15.2 Å². The molecule has 1 aromatic carbocycles. The van der Waals surface area contributed by atoms with Crippen molar-refractivity contribution in [2.75, 3.05) is 6.61 Å². The maximum absolute atomic E-state index is 14.7. The molecule has 7 nitrogen and oxygen atoms in total. The summed E-state index contributed by atoms with van der Waals surface area (Å²) in [7, 11) is 0. The van der Waals surface area contributed by atoms with Crippen LogP contribution in [0, 0.1) is 11.6 Å². The maximum Gasteiger partial charge on any atom is 0.417 e. The number of ether oxygens (including phenoxy) is 2. The Morgan fingerprint density at radius 1 is 1.25 bits per heavy atom. The molecule has 0 spiro atoms. The van der Waals surface area contributed by atoms with Crippen LogP contribution < -0.4 is 10.5 Å². The Morgan fingerprint density at radius 3 is 2.50 bits per heavy atom. The van der Waals surface area contributed by atoms with E-state index in [0.29, 0.717) is 6.07 Å². The van der Waals surface area contributed by atoms with Gasteiger partial charge in [-0.3, -0.25) is 14.6 Å². The molecule has 0 saturated carbocycles. The van der Waals surface area contributed by atoms with Crippen molar-refractivity contribution in [2.24, 2.45) is 5.73 Å². The summed E-state index contributed by atoms with van der Waals surface area (Å²) in [5, 5.41) is 9.94. The lowest BCUT2D eigenvalue weighted by Crippen LogP contribution is -2.43. The van der Waals surface area contributed by atoms with Gasteiger partial charge in [0.2, 0.25) is 5.82 Å². The average Bonchev–Trinajstić information content (AvgIpc) is 3.13. The highest BCUT2D eigenvalue weighted by Crippen LogP contribution is 2.51. The third-order valence-electron chi connectivity index (χ3n) is 5.78. The van der Waals surface area contributed by atoms with Crippen LogP contribution in [0.1, 0.15) is 54.7 Å². The smallest absolute Gasteiger partial charge is 0.417 e. The maximum atomic E-state index is 14.7. The normalized spacial score (nSPS) is 22.5. The largest absolute Gasteiger partial charge is 0.487 e. The van der Waals surface area contributed by atoms with E-state index in [1.54, 1.807) is 0 Å². The van der Waals surface area contributed by atoms with Crippen molar-refractivity contribution in [2.45, 2.75) is 63.0 Å². The second-order valence-electron chi connectivity index (χ2n) is 9.52. The number of nitrogens with zero attached hydrogens (tertiary/aromatic N) is 1. The summed E-state index contributed by atoms with van der Waals surface area (Å²) in [6.07, 6.45) is -6.60. The number of hydrogen-bond acceptors (Lipinski definition) is 6. The number of halogens is 5. The van der Waals surface area contributed by atoms with Crippen LogP contribution >= 0.6 is 0 Å². The Morgan fingerprint density at radius 2 is 1.92 bits per heavy atom. The zero-order chi connectivity index (χ0) is 27.1. The summed E-state index contributed by atoms with van der Waals surface area (Å²) in [6, 6.07) is 4.36. The summed E-state index contributed by atoms with van der Waals surface area (Å²) >= 11 is 0. The molecular formula is C24H25F5N2O5. The molecule has 12 heteroatoms. The van der Waals surface area contributed by atoms with E-state index in [1.807, 2.05) is 0 Å². The van der Waals surface area contributed by atoms with Gasteiger partial charge in [0, 0.05) is 24.1 Å². The van der Waals surface area contributed by atoms with Crippen LogP contribution in [0.3, 0.4) is 0 Å². The molecule has 2 heterocycles. The van der Waals surface area contributed by atoms with Crippen molar-refractivity contribution >= 4 is 11.7 Å². The van der Waals surface area contributed by atoms with Crippen LogP contribution in [0.2, 0.25) is 0 Å². The molecule has 0 unspecified atom stereocenters. The summed E-state index contributed by atoms with van der Waals surface area (Å²) < 4.78 is 81.0. The highest BCUT2D eigenvalue weighted by Gasteiger charge is 2.61. The van der Waals surface area contributed by atoms with E-state index in [9.17, 15) is 36.6 Å². The molecule has 1 aromatic heterocycles. The lowest BCUT2D eigenvalue weighted by Gasteiger charge is -2.27. The molecule has 0 aliphatic carbocycles. The average molecular weight is 516 g/mol. The highest BCUT2D eigenvalue weighted by molar-refractivity contribution is 5.91. The van der Waals surface area contributed by atoms with Gasteiger partial charge in [-0.15, -0.1) is 0 Å². The summed E-state index contributed by atoms with van der Waals surface area (Å²) in [5.41, 5.74) is 0.828. The van der Waals surface area contributed by atoms with Gasteiger partial charge < -0.3 is 20.3 Å². The van der Waals surface area contributed by atoms with E-state index in [0.717, 1.165) is 13.0 Å². The molecule has 3 atom stereocenters. The Labute approximate surface area is 203 Å². The first-order valence-electron chi connectivity index (χ1n) is 10.9. The first-order chi connectivity index (χ1) is 16.5. The molecule has 36 heavy (non-hydrogen) atoms. The zero-order valence-corrected chi connectivity index (χ0v) is 19.7. The van der Waals surface area contributed by atoms with Gasteiger partial charge in [0.25, 0.3) is 5.91 Å². The molecule has 2 aromatic rings. The first kappa shape index (κ1) is 27.5. The minimum absolute atomic E-state index is 0.146. The van der Waals surface area contributed by atoms with Gasteiger partial charge >= 0.3 is 6.18 Å². The number of amides is 1. The Bertz CT molecular complexity index is 1160. The first-order valence-corrected chi connectivity index (χ1v) is 10.9. The van der Waals surface area contributed by atoms with Crippen LogP contribution in [-0.4, -0.2) is 51.9 Å². The van der Waals surface area contributed by atoms with Crippen molar-refractivity contribution in [3.63, 3.8) is 0 Å². The van der Waals surface area contributed by atoms with Gasteiger partial charge in [0.15, 0.2) is 23.0 Å². The number of benzene rings is 1. The van der Waals surface area contributed by atoms with Gasteiger partial charge in [-0.1, -0.05) is 6.07 Å². The molecule has 0 bridgehead atoms. The van der Waals surface area contributed by atoms with Crippen LogP contribution in [0.5, 0.6) is 5.75 Å². The monoisotopic (exact) mass is 516 g/mol. The molecule has 1 amide bonds. The molecule has 3 rings (SSSR count). The van der Waals surface area contributed by atoms with Crippen LogP contribution in [0.4, 0.5) is 22.0 Å². The van der Waals surface area contributed by atoms with Crippen molar-refractivity contribution in [1.29, 1.82) is 0 Å². The number of rotatable bonds is 8. The van der Waals surface area contributed by atoms with Crippen molar-refractivity contribution in [3.8, 4) is 5.75 Å². The molecule has 1 fully saturated rings. The van der Waals surface area contributed by atoms with Gasteiger partial charge in [0.05, 0.1) is 5.60 Å². The van der Waals surface area contributed by atoms with E-state index < -0.39 is 77.9 Å². The van der Waals surface area contributed by atoms with Crippen molar-refractivity contribution < 1.29 is 46.1 Å². The predicted octanol–water partition coefficient (Wildman–Crippen LogP) is 3.61. The lowest BCUT2D eigenvalue weighted by atomic mass is 9.84. The van der Waals surface area contributed by atoms with Crippen LogP contribution in [0.15, 0.2) is 30.5 Å². The summed E-state index contributed by atoms with van der Waals surface area (Å²) in [6.45, 7) is 2.94. The number of pyridine rings is 1. The molecule has 3 N–H and O–H groups in total. The quantitative estimate of drug-likeness (QED) is 0.519. The second-order valence-corrected chi connectivity index (χ2v) is 9.52. The van der Waals surface area contributed by atoms with Gasteiger partial charge in [-0.25, -0.2) is 4.39 Å². The lowest BCUT2D eigenvalue weighted by molar-refractivity contribution is -0.262. The number of aliphatic hydroxyl groups is 1. The van der Waals surface area contributed by atoms with Crippen molar-refractivity contribution in [1.82, 2.24) is 4.98 Å². The number of hydrogen-bond donors (Lipinski definition) is 2. The summed E-state index contributed by atoms with van der Waals surface area (Å²) in [5.74, 6) is -6.53. The Balaban J connectivity index is 2.04. The fourth-order valence-electron chi connectivity index (χ4n) is 3.94. The van der Waals surface area contributed by atoms with E-state index in [-0.39, 0.29) is 16.8 Å². The standard InChI is InChI=1S/C24H25F5N2O5/c1-22(2,34)11-35-20-13(4-5-15(25)18(20)26)14-10-23(3,24(27,28)29)36-19(14)17(32)9-12-6-7-31-16(8-12)21(30)33/h4-8,14,19,34H,9-11H2,1-3H3,(H2,30,33)/t14-,19+,23+/m0/s1. The SMILES string of the molecule is CC(C)(O)COc1c([C@@H]2C[C@](C)(C(F)(F)F)O[C@H]2C(=O)Cc2ccnc(C(N)=O)c2)ccc(F)c1F. The summed E-state index contributed by atoms with van der Waals surface area (Å²) in [4.78, 5) is 28.3. The zero-order valence-electron chi connectivity index (χ0n) is 19.7. The number of nitrogens with two attached hydrogens (primary N) is 1. The van der Waals surface area contributed by atoms with E-state index in [1.165, 1.54) is 32.2 Å². The molecule has 0 radical (unpaired) electrons. The number of ketones is 1. The number of carbonyl (C=O) groups is 2.